The molecular weight excluding hydrogens is 256 g/mol. The molecule has 0 fully saturated rings. The van der Waals surface area contributed by atoms with Crippen LogP contribution in [0.15, 0.2) is 42.5 Å². The third-order valence-electron chi connectivity index (χ3n) is 2.28. The first-order chi connectivity index (χ1) is 7.74. The molecule has 0 unspecified atom stereocenters. The van der Waals surface area contributed by atoms with Gasteiger partial charge in [-0.25, -0.2) is 0 Å². The van der Waals surface area contributed by atoms with Crippen molar-refractivity contribution in [3.63, 3.8) is 0 Å². The zero-order valence-corrected chi connectivity index (χ0v) is 11.0. The predicted molar refractivity (Wildman–Crippen MR) is 66.0 cm³/mol. The summed E-state index contributed by atoms with van der Waals surface area (Å²) in [5.74, 6) is -0.00722. The first kappa shape index (κ1) is 15.8. The Morgan fingerprint density at radius 1 is 1.00 bits per heavy atom. The van der Waals surface area contributed by atoms with E-state index in [9.17, 15) is 0 Å². The Morgan fingerprint density at radius 2 is 1.41 bits per heavy atom. The van der Waals surface area contributed by atoms with Gasteiger partial charge in [-0.1, -0.05) is 26.2 Å². The molecule has 2 rings (SSSR count). The fraction of sp³-hybridized carbons (Fsp3) is 0.286. The van der Waals surface area contributed by atoms with E-state index in [4.69, 9.17) is 10.2 Å². The molecule has 0 amide bonds. The molecule has 100 valence electrons. The molecule has 0 bridgehead atoms. The topological polar surface area (TPSA) is 40.5 Å². The van der Waals surface area contributed by atoms with Gasteiger partial charge < -0.3 is 40.5 Å². The van der Waals surface area contributed by atoms with Crippen LogP contribution < -0.4 is 0 Å². The van der Waals surface area contributed by atoms with E-state index < -0.39 is 0 Å². The van der Waals surface area contributed by atoms with Gasteiger partial charge in [-0.15, -0.1) is 12.1 Å². The first-order valence-electron chi connectivity index (χ1n) is 5.58. The number of rotatable bonds is 3. The minimum atomic E-state index is -0.00361. The van der Waals surface area contributed by atoms with Crippen LogP contribution in [0.2, 0.25) is 0 Å². The maximum atomic E-state index is 8.99. The van der Waals surface area contributed by atoms with Crippen molar-refractivity contribution in [2.24, 2.45) is 0 Å². The fourth-order valence-corrected chi connectivity index (χ4v) is 1.39. The molecule has 0 aliphatic heterocycles. The van der Waals surface area contributed by atoms with Crippen LogP contribution in [0.3, 0.4) is 0 Å². The second kappa shape index (κ2) is 8.91. The molecule has 0 atom stereocenters. The number of aryl methyl sites for hydroxylation is 1. The van der Waals surface area contributed by atoms with Crippen molar-refractivity contribution in [1.82, 2.24) is 0 Å². The third-order valence-corrected chi connectivity index (χ3v) is 2.28. The largest absolute Gasteiger partial charge is 0.748 e. The summed E-state index contributed by atoms with van der Waals surface area (Å²) in [6, 6.07) is 13.2. The van der Waals surface area contributed by atoms with E-state index in [1.807, 2.05) is 30.3 Å². The maximum Gasteiger partial charge on any atom is 0.00173 e. The summed E-state index contributed by atoms with van der Waals surface area (Å²) in [5, 5.41) is 18.0. The van der Waals surface area contributed by atoms with E-state index in [0.717, 1.165) is 24.8 Å². The van der Waals surface area contributed by atoms with Crippen molar-refractivity contribution in [2.75, 3.05) is 0 Å². The number of unbranched alkanes of at least 4 members (excludes halogenated alkanes) is 1. The van der Waals surface area contributed by atoms with E-state index in [1.54, 1.807) is 12.1 Å². The zero-order chi connectivity index (χ0) is 11.8. The molecule has 2 aromatic carbocycles. The van der Waals surface area contributed by atoms with Gasteiger partial charge in [0, 0.05) is 28.6 Å². The van der Waals surface area contributed by atoms with Crippen molar-refractivity contribution in [1.29, 1.82) is 0 Å². The van der Waals surface area contributed by atoms with E-state index in [1.165, 1.54) is 0 Å². The number of hydrogen-bond acceptors (Lipinski definition) is 2. The Hall–Kier alpha value is -1.18. The summed E-state index contributed by atoms with van der Waals surface area (Å²) in [6.45, 7) is 2.11. The van der Waals surface area contributed by atoms with Crippen LogP contribution in [-0.2, 0) is 23.5 Å². The summed E-state index contributed by atoms with van der Waals surface area (Å²) >= 11 is 0. The summed E-state index contributed by atoms with van der Waals surface area (Å²) in [7, 11) is 0. The quantitative estimate of drug-likeness (QED) is 0.663. The van der Waals surface area contributed by atoms with Gasteiger partial charge in [0.1, 0.15) is 0 Å². The van der Waals surface area contributed by atoms with Gasteiger partial charge in [0.05, 0.1) is 0 Å². The Bertz CT molecular complexity index is 340. The molecule has 0 saturated carbocycles. The third kappa shape index (κ3) is 6.20. The van der Waals surface area contributed by atoms with Crippen LogP contribution in [0.1, 0.15) is 25.3 Å². The standard InChI is InChI=1S/C9H13O2.C5H5.Fe/c1-2-3-4-7-5-8(10)9(11)6-7;1-2-4-5-3-1;/h5-6,10-11H,2-4H2,1H3;1-5H;/q-1;-5;. The van der Waals surface area contributed by atoms with E-state index in [-0.39, 0.29) is 28.6 Å². The maximum absolute atomic E-state index is 8.99. The van der Waals surface area contributed by atoms with Crippen molar-refractivity contribution < 1.29 is 27.3 Å². The van der Waals surface area contributed by atoms with Crippen LogP contribution in [0, 0.1) is 0 Å². The second-order valence-electron chi connectivity index (χ2n) is 3.70. The van der Waals surface area contributed by atoms with Crippen molar-refractivity contribution in [3.8, 4) is 11.5 Å². The molecule has 2 N–H and O–H groups in total. The SMILES string of the molecule is CCCC[c-]1cc(O)c(O)c1.[Fe].[cH-]1[cH-][cH-][cH-][cH-]1. The van der Waals surface area contributed by atoms with Crippen molar-refractivity contribution in [3.05, 3.63) is 48.0 Å². The van der Waals surface area contributed by atoms with Crippen LogP contribution in [0.4, 0.5) is 0 Å². The molecule has 17 heavy (non-hydrogen) atoms. The molecule has 0 aliphatic carbocycles. The Morgan fingerprint density at radius 3 is 1.76 bits per heavy atom. The Labute approximate surface area is 113 Å². The smallest absolute Gasteiger partial charge is 0.00173 e. The fourth-order valence-electron chi connectivity index (χ4n) is 1.39. The van der Waals surface area contributed by atoms with Gasteiger partial charge >= 0.3 is 0 Å². The van der Waals surface area contributed by atoms with Crippen LogP contribution in [0.5, 0.6) is 11.5 Å². The van der Waals surface area contributed by atoms with Crippen molar-refractivity contribution in [2.45, 2.75) is 26.2 Å². The Kier molecular flexibility index (Phi) is 8.29. The predicted octanol–water partition coefficient (Wildman–Crippen LogP) is 3.56. The summed E-state index contributed by atoms with van der Waals surface area (Å²) in [6.07, 6.45) is 3.17. The average Bonchev–Trinajstić information content (AvgIpc) is 2.91. The average molecular weight is 274 g/mol. The van der Waals surface area contributed by atoms with E-state index in [0.29, 0.717) is 0 Å². The van der Waals surface area contributed by atoms with Gasteiger partial charge in [-0.3, -0.25) is 0 Å². The molecule has 3 heteroatoms. The summed E-state index contributed by atoms with van der Waals surface area (Å²) in [5.41, 5.74) is 1.02. The minimum absolute atomic E-state index is 0. The van der Waals surface area contributed by atoms with Crippen LogP contribution in [-0.4, -0.2) is 10.2 Å². The first-order valence-corrected chi connectivity index (χ1v) is 5.58. The van der Waals surface area contributed by atoms with E-state index in [2.05, 4.69) is 6.92 Å². The molecule has 0 heterocycles. The second-order valence-corrected chi connectivity index (χ2v) is 3.70. The molecule has 0 aliphatic rings. The van der Waals surface area contributed by atoms with Gasteiger partial charge in [0.15, 0.2) is 0 Å². The summed E-state index contributed by atoms with van der Waals surface area (Å²) in [4.78, 5) is 0. The minimum Gasteiger partial charge on any atom is -0.748 e. The molecule has 0 radical (unpaired) electrons. The van der Waals surface area contributed by atoms with Gasteiger partial charge in [0.2, 0.25) is 0 Å². The molecular formula is C14H18FeO2-6. The number of hydrogen-bond donors (Lipinski definition) is 2. The normalized spacial score (nSPS) is 9.00. The molecule has 2 nitrogen and oxygen atoms in total. The van der Waals surface area contributed by atoms with Gasteiger partial charge in [-0.05, 0) is 0 Å². The molecule has 0 aromatic heterocycles. The molecule has 2 aromatic rings. The number of aromatic hydroxyl groups is 2. The van der Waals surface area contributed by atoms with E-state index >= 15 is 0 Å². The molecule has 0 spiro atoms. The summed E-state index contributed by atoms with van der Waals surface area (Å²) < 4.78 is 0. The monoisotopic (exact) mass is 274 g/mol. The Balaban J connectivity index is 0.000000360. The van der Waals surface area contributed by atoms with Gasteiger partial charge in [0.25, 0.3) is 0 Å². The molecule has 0 saturated heterocycles. The van der Waals surface area contributed by atoms with Gasteiger partial charge in [-0.2, -0.15) is 5.56 Å². The zero-order valence-electron chi connectivity index (χ0n) is 9.91. The van der Waals surface area contributed by atoms with Crippen molar-refractivity contribution >= 4 is 0 Å². The van der Waals surface area contributed by atoms with Crippen LogP contribution in [0.25, 0.3) is 0 Å². The van der Waals surface area contributed by atoms with Crippen LogP contribution >= 0.6 is 0 Å².